The fourth-order valence-electron chi connectivity index (χ4n) is 1.24. The smallest absolute Gasteiger partial charge is 0.172 e. The van der Waals surface area contributed by atoms with Gasteiger partial charge in [0.1, 0.15) is 11.2 Å². The zero-order chi connectivity index (χ0) is 9.97. The zero-order valence-corrected chi connectivity index (χ0v) is 8.44. The summed E-state index contributed by atoms with van der Waals surface area (Å²) >= 11 is 1.47. The largest absolute Gasteiger partial charge is 0.299 e. The fourth-order valence-corrected chi connectivity index (χ4v) is 2.12. The van der Waals surface area contributed by atoms with Crippen molar-refractivity contribution in [2.45, 2.75) is 5.37 Å². The molecule has 0 radical (unpaired) electrons. The molecular weight excluding hydrogens is 201 g/mol. The van der Waals surface area contributed by atoms with Crippen LogP contribution >= 0.6 is 11.8 Å². The standard InChI is InChI=1S/C9H10FN3S/c1-11-9-13-12-8(14-9)6-4-2-3-5-7(6)10/h2-5,8,12H,1H3,(H,11,13). The van der Waals surface area contributed by atoms with Gasteiger partial charge in [0.25, 0.3) is 0 Å². The molecule has 74 valence electrons. The topological polar surface area (TPSA) is 36.4 Å². The molecular formula is C9H10FN3S. The van der Waals surface area contributed by atoms with Crippen molar-refractivity contribution in [3.63, 3.8) is 0 Å². The Morgan fingerprint density at radius 1 is 1.43 bits per heavy atom. The van der Waals surface area contributed by atoms with Crippen molar-refractivity contribution in [2.24, 2.45) is 4.99 Å². The Kier molecular flexibility index (Phi) is 2.69. The van der Waals surface area contributed by atoms with Crippen molar-refractivity contribution in [2.75, 3.05) is 7.05 Å². The molecule has 1 aliphatic rings. The summed E-state index contributed by atoms with van der Waals surface area (Å²) in [5.74, 6) is -0.198. The molecule has 1 saturated heterocycles. The number of hydrazine groups is 1. The van der Waals surface area contributed by atoms with Crippen molar-refractivity contribution in [1.29, 1.82) is 0 Å². The van der Waals surface area contributed by atoms with E-state index in [9.17, 15) is 4.39 Å². The van der Waals surface area contributed by atoms with Gasteiger partial charge in [-0.2, -0.15) is 0 Å². The van der Waals surface area contributed by atoms with E-state index in [0.29, 0.717) is 5.56 Å². The summed E-state index contributed by atoms with van der Waals surface area (Å²) in [5, 5.41) is 0.674. The van der Waals surface area contributed by atoms with E-state index < -0.39 is 0 Å². The van der Waals surface area contributed by atoms with Crippen molar-refractivity contribution < 1.29 is 4.39 Å². The van der Waals surface area contributed by atoms with Gasteiger partial charge in [-0.05, 0) is 6.07 Å². The number of rotatable bonds is 1. The number of thioether (sulfide) groups is 1. The van der Waals surface area contributed by atoms with E-state index in [2.05, 4.69) is 15.8 Å². The molecule has 1 fully saturated rings. The molecule has 1 aromatic carbocycles. The monoisotopic (exact) mass is 211 g/mol. The first-order valence-electron chi connectivity index (χ1n) is 4.20. The third kappa shape index (κ3) is 1.73. The van der Waals surface area contributed by atoms with Crippen LogP contribution in [0.4, 0.5) is 4.39 Å². The van der Waals surface area contributed by atoms with Gasteiger partial charge < -0.3 is 0 Å². The summed E-state index contributed by atoms with van der Waals surface area (Å²) in [5.41, 5.74) is 6.48. The molecule has 1 aliphatic heterocycles. The Hall–Kier alpha value is -1.07. The van der Waals surface area contributed by atoms with Crippen LogP contribution in [0.25, 0.3) is 0 Å². The maximum Gasteiger partial charge on any atom is 0.172 e. The van der Waals surface area contributed by atoms with Crippen molar-refractivity contribution in [3.8, 4) is 0 Å². The minimum atomic E-state index is -0.198. The molecule has 5 heteroatoms. The lowest BCUT2D eigenvalue weighted by Gasteiger charge is -2.08. The zero-order valence-electron chi connectivity index (χ0n) is 7.62. The van der Waals surface area contributed by atoms with Gasteiger partial charge in [0.15, 0.2) is 5.17 Å². The van der Waals surface area contributed by atoms with Gasteiger partial charge in [-0.1, -0.05) is 30.0 Å². The number of aliphatic imine (C=N–C) groups is 1. The Morgan fingerprint density at radius 3 is 2.86 bits per heavy atom. The van der Waals surface area contributed by atoms with Gasteiger partial charge in [-0.25, -0.2) is 9.82 Å². The minimum Gasteiger partial charge on any atom is -0.299 e. The van der Waals surface area contributed by atoms with Crippen molar-refractivity contribution in [3.05, 3.63) is 35.6 Å². The van der Waals surface area contributed by atoms with Crippen LogP contribution in [-0.4, -0.2) is 12.2 Å². The summed E-state index contributed by atoms with van der Waals surface area (Å²) < 4.78 is 13.4. The van der Waals surface area contributed by atoms with E-state index in [1.165, 1.54) is 17.8 Å². The molecule has 0 saturated carbocycles. The van der Waals surface area contributed by atoms with Crippen LogP contribution in [0, 0.1) is 5.82 Å². The summed E-state index contributed by atoms with van der Waals surface area (Å²) in [7, 11) is 1.70. The van der Waals surface area contributed by atoms with Crippen LogP contribution in [0.3, 0.4) is 0 Å². The van der Waals surface area contributed by atoms with Crippen LogP contribution in [0.5, 0.6) is 0 Å². The molecule has 0 aliphatic carbocycles. The van der Waals surface area contributed by atoms with E-state index >= 15 is 0 Å². The molecule has 1 atom stereocenters. The van der Waals surface area contributed by atoms with Gasteiger partial charge >= 0.3 is 0 Å². The molecule has 2 N–H and O–H groups in total. The highest BCUT2D eigenvalue weighted by atomic mass is 32.2. The third-order valence-electron chi connectivity index (χ3n) is 1.93. The highest BCUT2D eigenvalue weighted by Crippen LogP contribution is 2.30. The van der Waals surface area contributed by atoms with Crippen LogP contribution in [0.2, 0.25) is 0 Å². The van der Waals surface area contributed by atoms with Gasteiger partial charge in [0, 0.05) is 12.6 Å². The van der Waals surface area contributed by atoms with Crippen molar-refractivity contribution >= 4 is 16.9 Å². The highest BCUT2D eigenvalue weighted by Gasteiger charge is 2.23. The quantitative estimate of drug-likeness (QED) is 0.741. The molecule has 0 amide bonds. The number of nitrogens with one attached hydrogen (secondary N) is 2. The Morgan fingerprint density at radius 2 is 2.21 bits per heavy atom. The second-order valence-corrected chi connectivity index (χ2v) is 3.91. The number of halogens is 1. The molecule has 1 unspecified atom stereocenters. The predicted molar refractivity (Wildman–Crippen MR) is 56.4 cm³/mol. The predicted octanol–water partition coefficient (Wildman–Crippen LogP) is 1.65. The first kappa shape index (κ1) is 9.48. The van der Waals surface area contributed by atoms with Gasteiger partial charge in [0.05, 0.1) is 0 Å². The number of amidine groups is 1. The summed E-state index contributed by atoms with van der Waals surface area (Å²) in [6.45, 7) is 0. The Balaban J connectivity index is 2.21. The molecule has 0 bridgehead atoms. The minimum absolute atomic E-state index is 0.102. The number of nitrogens with zero attached hydrogens (tertiary/aromatic N) is 1. The van der Waals surface area contributed by atoms with Crippen LogP contribution in [0.1, 0.15) is 10.9 Å². The molecule has 0 spiro atoms. The van der Waals surface area contributed by atoms with Crippen LogP contribution < -0.4 is 10.9 Å². The first-order chi connectivity index (χ1) is 6.81. The number of benzene rings is 1. The van der Waals surface area contributed by atoms with Crippen LogP contribution in [0.15, 0.2) is 29.3 Å². The lowest BCUT2D eigenvalue weighted by Crippen LogP contribution is -2.27. The lowest BCUT2D eigenvalue weighted by atomic mass is 10.2. The Labute approximate surface area is 85.8 Å². The second kappa shape index (κ2) is 3.98. The first-order valence-corrected chi connectivity index (χ1v) is 5.08. The summed E-state index contributed by atoms with van der Waals surface area (Å²) in [6, 6.07) is 6.72. The third-order valence-corrected chi connectivity index (χ3v) is 3.05. The summed E-state index contributed by atoms with van der Waals surface area (Å²) in [6.07, 6.45) is 0. The maximum atomic E-state index is 13.4. The molecule has 2 rings (SSSR count). The van der Waals surface area contributed by atoms with E-state index in [-0.39, 0.29) is 11.2 Å². The maximum absolute atomic E-state index is 13.4. The van der Waals surface area contributed by atoms with Crippen molar-refractivity contribution in [1.82, 2.24) is 10.9 Å². The lowest BCUT2D eigenvalue weighted by molar-refractivity contribution is 0.580. The fraction of sp³-hybridized carbons (Fsp3) is 0.222. The molecule has 0 aromatic heterocycles. The van der Waals surface area contributed by atoms with Gasteiger partial charge in [-0.3, -0.25) is 10.4 Å². The normalized spacial score (nSPS) is 23.9. The highest BCUT2D eigenvalue weighted by molar-refractivity contribution is 8.14. The average Bonchev–Trinajstić information content (AvgIpc) is 2.67. The average molecular weight is 211 g/mol. The van der Waals surface area contributed by atoms with Crippen LogP contribution in [-0.2, 0) is 0 Å². The van der Waals surface area contributed by atoms with E-state index in [1.807, 2.05) is 6.07 Å². The molecule has 1 aromatic rings. The summed E-state index contributed by atoms with van der Waals surface area (Å²) in [4.78, 5) is 3.98. The second-order valence-electron chi connectivity index (χ2n) is 2.82. The molecule has 14 heavy (non-hydrogen) atoms. The SMILES string of the molecule is CN=C1NNC(c2ccccc2F)S1. The van der Waals surface area contributed by atoms with Gasteiger partial charge in [0.2, 0.25) is 0 Å². The van der Waals surface area contributed by atoms with E-state index in [0.717, 1.165) is 5.17 Å². The number of hydrogen-bond donors (Lipinski definition) is 2. The molecule has 3 nitrogen and oxygen atoms in total. The number of hydrogen-bond acceptors (Lipinski definition) is 3. The molecule has 1 heterocycles. The Bertz CT molecular complexity index is 367. The van der Waals surface area contributed by atoms with E-state index in [4.69, 9.17) is 0 Å². The van der Waals surface area contributed by atoms with E-state index in [1.54, 1.807) is 19.2 Å². The van der Waals surface area contributed by atoms with Gasteiger partial charge in [-0.15, -0.1) is 0 Å².